The van der Waals surface area contributed by atoms with E-state index in [1.54, 1.807) is 24.3 Å². The summed E-state index contributed by atoms with van der Waals surface area (Å²) in [5.41, 5.74) is 11.1. The Bertz CT molecular complexity index is 1210. The minimum Gasteiger partial charge on any atom is -0.457 e. The lowest BCUT2D eigenvalue weighted by atomic mass is 9.75. The number of benzene rings is 2. The number of nitrogens with two attached hydrogens (primary N) is 1. The molecule has 0 saturated heterocycles. The number of carbonyl (C=O) groups is 1. The number of nitrogens with zero attached hydrogens (tertiary/aromatic N) is 1. The molecule has 0 saturated carbocycles. The topological polar surface area (TPSA) is 102 Å². The number of hydrazone groups is 1. The molecule has 0 radical (unpaired) electrons. The normalized spacial score (nSPS) is 15.5. The monoisotopic (exact) mass is 462 g/mol. The van der Waals surface area contributed by atoms with Crippen LogP contribution < -0.4 is 21.2 Å². The van der Waals surface area contributed by atoms with Crippen molar-refractivity contribution in [3.8, 4) is 11.5 Å². The molecule has 3 aromatic rings. The van der Waals surface area contributed by atoms with Crippen molar-refractivity contribution in [2.24, 2.45) is 16.3 Å². The van der Waals surface area contributed by atoms with E-state index in [2.05, 4.69) is 29.7 Å². The van der Waals surface area contributed by atoms with Crippen LogP contribution in [0.1, 0.15) is 47.7 Å². The van der Waals surface area contributed by atoms with Crippen LogP contribution in [0.15, 0.2) is 64.1 Å². The van der Waals surface area contributed by atoms with Crippen molar-refractivity contribution in [2.45, 2.75) is 33.6 Å². The number of hydrogen-bond acceptors (Lipinski definition) is 5. The van der Waals surface area contributed by atoms with E-state index in [1.165, 1.54) is 0 Å². The third kappa shape index (κ3) is 5.23. The lowest BCUT2D eigenvalue weighted by Crippen LogP contribution is -2.31. The number of fused-ring (bicyclic) bond motifs is 1. The summed E-state index contributed by atoms with van der Waals surface area (Å²) in [6, 6.07) is 16.7. The van der Waals surface area contributed by atoms with Crippen LogP contribution in [0.2, 0.25) is 0 Å². The largest absolute Gasteiger partial charge is 0.457 e. The van der Waals surface area contributed by atoms with Gasteiger partial charge < -0.3 is 20.2 Å². The first-order valence-electron chi connectivity index (χ1n) is 10.6. The molecule has 1 amide bonds. The van der Waals surface area contributed by atoms with Gasteiger partial charge in [-0.05, 0) is 67.4 Å². The number of furan rings is 1. The summed E-state index contributed by atoms with van der Waals surface area (Å²) in [7, 11) is 0. The second kappa shape index (κ2) is 9.07. The zero-order chi connectivity index (χ0) is 23.6. The maximum Gasteiger partial charge on any atom is 0.291 e. The van der Waals surface area contributed by atoms with Gasteiger partial charge in [0.05, 0.1) is 5.71 Å². The summed E-state index contributed by atoms with van der Waals surface area (Å²) in [4.78, 5) is 13.0. The van der Waals surface area contributed by atoms with E-state index in [-0.39, 0.29) is 22.2 Å². The summed E-state index contributed by atoms with van der Waals surface area (Å²) >= 11 is 4.88. The Balaban J connectivity index is 1.53. The summed E-state index contributed by atoms with van der Waals surface area (Å²) in [5.74, 6) is 2.11. The molecule has 2 aromatic carbocycles. The van der Waals surface area contributed by atoms with E-state index in [4.69, 9.17) is 27.1 Å². The zero-order valence-corrected chi connectivity index (χ0v) is 19.6. The summed E-state index contributed by atoms with van der Waals surface area (Å²) in [6.45, 7) is 6.12. The van der Waals surface area contributed by atoms with Crippen molar-refractivity contribution < 1.29 is 13.9 Å². The fourth-order valence-corrected chi connectivity index (χ4v) is 4.01. The van der Waals surface area contributed by atoms with E-state index < -0.39 is 0 Å². The van der Waals surface area contributed by atoms with Crippen molar-refractivity contribution in [3.05, 3.63) is 77.2 Å². The van der Waals surface area contributed by atoms with Gasteiger partial charge >= 0.3 is 0 Å². The van der Waals surface area contributed by atoms with E-state index in [1.807, 2.05) is 37.3 Å². The van der Waals surface area contributed by atoms with Gasteiger partial charge in [-0.25, -0.2) is 0 Å². The third-order valence-electron chi connectivity index (χ3n) is 5.39. The highest BCUT2D eigenvalue weighted by atomic mass is 32.1. The molecule has 8 heteroatoms. The Hall–Kier alpha value is -3.65. The zero-order valence-electron chi connectivity index (χ0n) is 18.8. The summed E-state index contributed by atoms with van der Waals surface area (Å²) < 4.78 is 11.8. The van der Waals surface area contributed by atoms with Crippen LogP contribution in [0.4, 0.5) is 5.69 Å². The number of thiocarbonyl (C=S) groups is 1. The molecule has 1 aliphatic rings. The molecular weight excluding hydrogens is 436 g/mol. The smallest absolute Gasteiger partial charge is 0.291 e. The van der Waals surface area contributed by atoms with Crippen LogP contribution in [0.5, 0.6) is 11.5 Å². The molecule has 33 heavy (non-hydrogen) atoms. The van der Waals surface area contributed by atoms with Gasteiger partial charge in [0.15, 0.2) is 10.9 Å². The van der Waals surface area contributed by atoms with Crippen LogP contribution in [-0.2, 0) is 6.42 Å². The van der Waals surface area contributed by atoms with Gasteiger partial charge in [0.1, 0.15) is 17.3 Å². The molecule has 1 aromatic heterocycles. The average Bonchev–Trinajstić information content (AvgIpc) is 3.09. The maximum absolute atomic E-state index is 13.0. The van der Waals surface area contributed by atoms with Crippen molar-refractivity contribution in [1.82, 2.24) is 5.43 Å². The fraction of sp³-hybridized carbons (Fsp3) is 0.240. The number of para-hydroxylation sites is 1. The van der Waals surface area contributed by atoms with Gasteiger partial charge in [-0.3, -0.25) is 10.2 Å². The molecular formula is C25H26N4O3S. The van der Waals surface area contributed by atoms with E-state index in [9.17, 15) is 4.79 Å². The quantitative estimate of drug-likeness (QED) is 0.358. The molecule has 0 aliphatic heterocycles. The molecule has 1 aliphatic carbocycles. The third-order valence-corrected chi connectivity index (χ3v) is 5.48. The molecule has 7 nitrogen and oxygen atoms in total. The highest BCUT2D eigenvalue weighted by Gasteiger charge is 2.36. The van der Waals surface area contributed by atoms with Gasteiger partial charge in [0.25, 0.3) is 5.91 Å². The van der Waals surface area contributed by atoms with Crippen molar-refractivity contribution in [2.75, 3.05) is 5.32 Å². The Morgan fingerprint density at radius 1 is 1.09 bits per heavy atom. The molecule has 0 bridgehead atoms. The Labute approximate surface area is 198 Å². The van der Waals surface area contributed by atoms with E-state index >= 15 is 0 Å². The first kappa shape index (κ1) is 22.5. The number of amides is 1. The maximum atomic E-state index is 13.0. The van der Waals surface area contributed by atoms with Gasteiger partial charge in [0.2, 0.25) is 0 Å². The minimum absolute atomic E-state index is 0.0731. The Morgan fingerprint density at radius 3 is 2.42 bits per heavy atom. The summed E-state index contributed by atoms with van der Waals surface area (Å²) in [5, 5.41) is 7.37. The predicted octanol–water partition coefficient (Wildman–Crippen LogP) is 5.14. The molecule has 4 N–H and O–H groups in total. The fourth-order valence-electron chi connectivity index (χ4n) is 3.97. The second-order valence-electron chi connectivity index (χ2n) is 8.80. The summed E-state index contributed by atoms with van der Waals surface area (Å²) in [6.07, 6.45) is 1.41. The highest BCUT2D eigenvalue weighted by Crippen LogP contribution is 2.39. The highest BCUT2D eigenvalue weighted by molar-refractivity contribution is 7.80. The SMILES string of the molecule is Cc1c(C(=O)Nc2ccc(Oc3ccccc3)cc2)oc2c1/C(=N\NC(N)=S)CC(C)(C)C2. The first-order valence-corrected chi connectivity index (χ1v) is 11.0. The molecule has 0 spiro atoms. The van der Waals surface area contributed by atoms with Gasteiger partial charge in [-0.1, -0.05) is 32.0 Å². The molecule has 1 heterocycles. The number of anilines is 1. The van der Waals surface area contributed by atoms with Crippen molar-refractivity contribution >= 4 is 34.6 Å². The van der Waals surface area contributed by atoms with Crippen molar-refractivity contribution in [3.63, 3.8) is 0 Å². The average molecular weight is 463 g/mol. The number of hydrogen-bond donors (Lipinski definition) is 3. The molecule has 0 unspecified atom stereocenters. The molecule has 0 atom stereocenters. The standard InChI is InChI=1S/C25H26N4O3S/c1-15-21-19(28-29-24(26)33)13-25(2,3)14-20(21)32-22(15)23(30)27-16-9-11-18(12-10-16)31-17-7-5-4-6-8-17/h4-12H,13-14H2,1-3H3,(H,27,30)(H3,26,29,33)/b28-19-. The molecule has 0 fully saturated rings. The first-order chi connectivity index (χ1) is 15.7. The van der Waals surface area contributed by atoms with E-state index in [0.29, 0.717) is 24.3 Å². The lowest BCUT2D eigenvalue weighted by Gasteiger charge is -2.29. The molecule has 170 valence electrons. The Morgan fingerprint density at radius 2 is 1.76 bits per heavy atom. The van der Waals surface area contributed by atoms with Crippen molar-refractivity contribution in [1.29, 1.82) is 0 Å². The van der Waals surface area contributed by atoms with Crippen LogP contribution in [0.25, 0.3) is 0 Å². The number of rotatable bonds is 5. The lowest BCUT2D eigenvalue weighted by molar-refractivity contribution is 0.0993. The number of carbonyl (C=O) groups excluding carboxylic acids is 1. The van der Waals surface area contributed by atoms with Crippen LogP contribution in [-0.4, -0.2) is 16.7 Å². The van der Waals surface area contributed by atoms with Crippen LogP contribution in [0, 0.1) is 12.3 Å². The predicted molar refractivity (Wildman–Crippen MR) is 133 cm³/mol. The van der Waals surface area contributed by atoms with Crippen LogP contribution in [0.3, 0.4) is 0 Å². The second-order valence-corrected chi connectivity index (χ2v) is 9.24. The van der Waals surface area contributed by atoms with Gasteiger partial charge in [-0.15, -0.1) is 0 Å². The number of ether oxygens (including phenoxy) is 1. The molecule has 4 rings (SSSR count). The van der Waals surface area contributed by atoms with E-state index in [0.717, 1.165) is 28.3 Å². The minimum atomic E-state index is -0.321. The van der Waals surface area contributed by atoms with Crippen LogP contribution >= 0.6 is 12.2 Å². The Kier molecular flexibility index (Phi) is 6.20. The van der Waals surface area contributed by atoms with Gasteiger partial charge in [0, 0.05) is 23.2 Å². The number of nitrogens with one attached hydrogen (secondary N) is 2. The van der Waals surface area contributed by atoms with Gasteiger partial charge in [-0.2, -0.15) is 5.10 Å².